The molecule has 0 aliphatic carbocycles. The Kier molecular flexibility index (Phi) is 8.15. The lowest BCUT2D eigenvalue weighted by Crippen LogP contribution is -2.61. The first-order valence-electron chi connectivity index (χ1n) is 7.72. The number of halogens is 2. The molecule has 0 saturated carbocycles. The normalized spacial score (nSPS) is 13.6. The number of carbonyl (C=O) groups is 2. The van der Waals surface area contributed by atoms with Gasteiger partial charge >= 0.3 is 0 Å². The van der Waals surface area contributed by atoms with Gasteiger partial charge in [0.1, 0.15) is 6.04 Å². The van der Waals surface area contributed by atoms with Crippen LogP contribution in [0.1, 0.15) is 29.8 Å². The molecule has 2 amide bonds. The van der Waals surface area contributed by atoms with E-state index in [9.17, 15) is 23.5 Å². The molecule has 4 N–H and O–H groups in total. The summed E-state index contributed by atoms with van der Waals surface area (Å²) in [7, 11) is 0. The number of hydrogen-bond acceptors (Lipinski definition) is 4. The van der Waals surface area contributed by atoms with Crippen molar-refractivity contribution in [3.63, 3.8) is 0 Å². The van der Waals surface area contributed by atoms with Gasteiger partial charge in [-0.2, -0.15) is 0 Å². The first-order valence-corrected chi connectivity index (χ1v) is 7.72. The summed E-state index contributed by atoms with van der Waals surface area (Å²) in [5.41, 5.74) is -1.14. The number of alkyl halides is 2. The van der Waals surface area contributed by atoms with Crippen LogP contribution in [0.25, 0.3) is 0 Å². The number of rotatable bonds is 5. The first-order chi connectivity index (χ1) is 12.7. The van der Waals surface area contributed by atoms with Gasteiger partial charge in [0.2, 0.25) is 0 Å². The summed E-state index contributed by atoms with van der Waals surface area (Å²) in [4.78, 5) is 23.8. The third-order valence-corrected chi connectivity index (χ3v) is 3.41. The lowest BCUT2D eigenvalue weighted by molar-refractivity contribution is -0.149. The number of allylic oxidation sites excluding steroid dienone is 2. The quantitative estimate of drug-likeness (QED) is 0.353. The fraction of sp³-hybridized carbons (Fsp3) is 0.263. The van der Waals surface area contributed by atoms with Gasteiger partial charge in [0, 0.05) is 11.1 Å². The fourth-order valence-electron chi connectivity index (χ4n) is 1.85. The predicted octanol–water partition coefficient (Wildman–Crippen LogP) is 1.24. The van der Waals surface area contributed by atoms with Gasteiger partial charge in [-0.1, -0.05) is 17.9 Å². The van der Waals surface area contributed by atoms with E-state index in [1.54, 1.807) is 12.2 Å². The lowest BCUT2D eigenvalue weighted by Gasteiger charge is -2.30. The van der Waals surface area contributed by atoms with Crippen molar-refractivity contribution in [2.75, 3.05) is 0 Å². The second-order valence-electron chi connectivity index (χ2n) is 5.51. The molecule has 0 spiro atoms. The molecule has 0 bridgehead atoms. The minimum absolute atomic E-state index is 0.0429. The number of carbonyl (C=O) groups excluding carboxylic acids is 2. The molecule has 1 aromatic rings. The molecule has 0 radical (unpaired) electrons. The van der Waals surface area contributed by atoms with Crippen molar-refractivity contribution in [1.82, 2.24) is 10.8 Å². The highest BCUT2D eigenvalue weighted by atomic mass is 19.3. The van der Waals surface area contributed by atoms with E-state index in [-0.39, 0.29) is 5.56 Å². The average molecular weight is 376 g/mol. The van der Waals surface area contributed by atoms with E-state index in [4.69, 9.17) is 5.21 Å². The summed E-state index contributed by atoms with van der Waals surface area (Å²) < 4.78 is 25.9. The maximum Gasteiger partial charge on any atom is 0.269 e. The number of hydrogen-bond donors (Lipinski definition) is 4. The van der Waals surface area contributed by atoms with Gasteiger partial charge in [-0.3, -0.25) is 14.8 Å². The summed E-state index contributed by atoms with van der Waals surface area (Å²) >= 11 is 0. The third kappa shape index (κ3) is 6.23. The van der Waals surface area contributed by atoms with Crippen molar-refractivity contribution in [2.24, 2.45) is 0 Å². The van der Waals surface area contributed by atoms with E-state index in [1.807, 2.05) is 12.2 Å². The second kappa shape index (κ2) is 10.1. The second-order valence-corrected chi connectivity index (χ2v) is 5.51. The molecule has 0 fully saturated rings. The number of nitrogens with one attached hydrogen (secondary N) is 2. The number of aliphatic hydroxyl groups is 1. The summed E-state index contributed by atoms with van der Waals surface area (Å²) in [6.07, 6.45) is 0.0501. The van der Waals surface area contributed by atoms with Crippen molar-refractivity contribution in [3.05, 3.63) is 47.5 Å². The van der Waals surface area contributed by atoms with Crippen LogP contribution in [0.3, 0.4) is 0 Å². The highest BCUT2D eigenvalue weighted by Gasteiger charge is 2.46. The zero-order valence-corrected chi connectivity index (χ0v) is 14.6. The number of hydroxylamine groups is 1. The molecule has 0 aliphatic heterocycles. The van der Waals surface area contributed by atoms with Crippen LogP contribution in [-0.2, 0) is 4.79 Å². The van der Waals surface area contributed by atoms with E-state index in [0.29, 0.717) is 12.5 Å². The molecular weight excluding hydrogens is 358 g/mol. The highest BCUT2D eigenvalue weighted by molar-refractivity contribution is 5.97. The van der Waals surface area contributed by atoms with E-state index >= 15 is 0 Å². The van der Waals surface area contributed by atoms with E-state index in [0.717, 1.165) is 5.48 Å². The van der Waals surface area contributed by atoms with E-state index in [1.165, 1.54) is 24.3 Å². The third-order valence-electron chi connectivity index (χ3n) is 3.41. The molecule has 0 aliphatic rings. The molecule has 0 saturated heterocycles. The maximum atomic E-state index is 13.0. The lowest BCUT2D eigenvalue weighted by atomic mass is 9.95. The molecule has 27 heavy (non-hydrogen) atoms. The standard InChI is InChI=1S/C19H18F2N2O4/c1-3-4-5-6-7-8-13-9-11-14(12-10-13)16(24)22-15(17(25)23-27)19(2,26)18(20)21/h3-4,9-12,15,18,26-27H,1-2H3,(H,22,24)(H,23,25). The van der Waals surface area contributed by atoms with Crippen LogP contribution in [-0.4, -0.2) is 40.2 Å². The SMILES string of the molecule is CC=CC#CC#Cc1ccc(C(=O)NC(C(=O)NO)C(C)(O)C(F)F)cc1. The number of amides is 2. The molecule has 142 valence electrons. The van der Waals surface area contributed by atoms with Crippen molar-refractivity contribution in [2.45, 2.75) is 31.9 Å². The Balaban J connectivity index is 2.95. The van der Waals surface area contributed by atoms with Gasteiger partial charge in [-0.15, -0.1) is 0 Å². The zero-order chi connectivity index (χ0) is 20.4. The maximum absolute atomic E-state index is 13.0. The largest absolute Gasteiger partial charge is 0.381 e. The van der Waals surface area contributed by atoms with Crippen LogP contribution in [0.5, 0.6) is 0 Å². The van der Waals surface area contributed by atoms with Gasteiger partial charge in [0.25, 0.3) is 18.2 Å². The van der Waals surface area contributed by atoms with Crippen molar-refractivity contribution >= 4 is 11.8 Å². The summed E-state index contributed by atoms with van der Waals surface area (Å²) in [6.45, 7) is 2.49. The Bertz CT molecular complexity index is 825. The minimum Gasteiger partial charge on any atom is -0.381 e. The monoisotopic (exact) mass is 376 g/mol. The van der Waals surface area contributed by atoms with Gasteiger partial charge in [0.05, 0.1) is 0 Å². The van der Waals surface area contributed by atoms with Crippen molar-refractivity contribution < 1.29 is 28.7 Å². The Morgan fingerprint density at radius 3 is 2.37 bits per heavy atom. The van der Waals surface area contributed by atoms with E-state index < -0.39 is 29.9 Å². The van der Waals surface area contributed by atoms with Crippen LogP contribution in [0.2, 0.25) is 0 Å². The van der Waals surface area contributed by atoms with Gasteiger partial charge < -0.3 is 10.4 Å². The molecular formula is C19H18F2N2O4. The molecule has 0 heterocycles. The van der Waals surface area contributed by atoms with Crippen LogP contribution < -0.4 is 10.8 Å². The van der Waals surface area contributed by atoms with Crippen LogP contribution in [0.15, 0.2) is 36.4 Å². The Hall–Kier alpha value is -3.20. The van der Waals surface area contributed by atoms with Crippen LogP contribution in [0.4, 0.5) is 8.78 Å². The highest BCUT2D eigenvalue weighted by Crippen LogP contribution is 2.20. The topological polar surface area (TPSA) is 98.7 Å². The Labute approximate surface area is 155 Å². The zero-order valence-electron chi connectivity index (χ0n) is 14.6. The smallest absolute Gasteiger partial charge is 0.269 e. The van der Waals surface area contributed by atoms with Crippen LogP contribution >= 0.6 is 0 Å². The molecule has 1 rings (SSSR count). The van der Waals surface area contributed by atoms with Gasteiger partial charge in [-0.25, -0.2) is 14.3 Å². The van der Waals surface area contributed by atoms with Crippen molar-refractivity contribution in [1.29, 1.82) is 0 Å². The van der Waals surface area contributed by atoms with E-state index in [2.05, 4.69) is 23.7 Å². The summed E-state index contributed by atoms with van der Waals surface area (Å²) in [5, 5.41) is 20.4. The fourth-order valence-corrected chi connectivity index (χ4v) is 1.85. The summed E-state index contributed by atoms with van der Waals surface area (Å²) in [5.74, 6) is 8.38. The predicted molar refractivity (Wildman–Crippen MR) is 93.7 cm³/mol. The number of benzene rings is 1. The molecule has 2 atom stereocenters. The Morgan fingerprint density at radius 1 is 1.22 bits per heavy atom. The molecule has 8 heteroatoms. The van der Waals surface area contributed by atoms with Gasteiger partial charge in [0.15, 0.2) is 5.60 Å². The summed E-state index contributed by atoms with van der Waals surface area (Å²) in [6, 6.07) is 3.67. The minimum atomic E-state index is -3.35. The van der Waals surface area contributed by atoms with Crippen LogP contribution in [0, 0.1) is 23.7 Å². The molecule has 6 nitrogen and oxygen atoms in total. The van der Waals surface area contributed by atoms with Crippen molar-refractivity contribution in [3.8, 4) is 23.7 Å². The first kappa shape index (κ1) is 21.8. The Morgan fingerprint density at radius 2 is 1.85 bits per heavy atom. The molecule has 1 aromatic carbocycles. The average Bonchev–Trinajstić information content (AvgIpc) is 2.65. The van der Waals surface area contributed by atoms with Gasteiger partial charge in [-0.05, 0) is 56.0 Å². The molecule has 0 aromatic heterocycles. The molecule has 2 unspecified atom stereocenters.